The van der Waals surface area contributed by atoms with E-state index in [2.05, 4.69) is 4.74 Å². The van der Waals surface area contributed by atoms with E-state index in [4.69, 9.17) is 11.6 Å². The SMILES string of the molecule is COC(=O)c1ccc(CN(C)C(=O)C=Cc2ccc(Cl)c([N+](=O)[O-])c2)cc1. The Bertz CT molecular complexity index is 893. The number of likely N-dealkylation sites (N-methyl/N-ethyl adjacent to an activating group) is 1. The van der Waals surface area contributed by atoms with Crippen LogP contribution in [0.4, 0.5) is 5.69 Å². The van der Waals surface area contributed by atoms with Crippen LogP contribution in [-0.4, -0.2) is 35.9 Å². The second-order valence-electron chi connectivity index (χ2n) is 5.68. The quantitative estimate of drug-likeness (QED) is 0.325. The molecular weight excluding hydrogens is 372 g/mol. The van der Waals surface area contributed by atoms with E-state index >= 15 is 0 Å². The Hall–Kier alpha value is -3.19. The molecule has 0 heterocycles. The predicted molar refractivity (Wildman–Crippen MR) is 101 cm³/mol. The van der Waals surface area contributed by atoms with Crippen molar-refractivity contribution in [3.05, 3.63) is 80.4 Å². The number of hydrogen-bond donors (Lipinski definition) is 0. The van der Waals surface area contributed by atoms with Gasteiger partial charge in [-0.15, -0.1) is 0 Å². The van der Waals surface area contributed by atoms with Gasteiger partial charge in [0.15, 0.2) is 0 Å². The molecule has 0 bridgehead atoms. The summed E-state index contributed by atoms with van der Waals surface area (Å²) in [4.78, 5) is 35.5. The number of nitro benzene ring substituents is 1. The number of hydrogen-bond acceptors (Lipinski definition) is 5. The van der Waals surface area contributed by atoms with Crippen molar-refractivity contribution in [2.45, 2.75) is 6.54 Å². The Morgan fingerprint density at radius 2 is 1.89 bits per heavy atom. The Morgan fingerprint density at radius 1 is 1.22 bits per heavy atom. The van der Waals surface area contributed by atoms with Gasteiger partial charge in [-0.1, -0.05) is 29.8 Å². The summed E-state index contributed by atoms with van der Waals surface area (Å²) in [6.45, 7) is 0.339. The molecule has 2 rings (SSSR count). The highest BCUT2D eigenvalue weighted by Crippen LogP contribution is 2.25. The highest BCUT2D eigenvalue weighted by Gasteiger charge is 2.12. The molecular formula is C19H17ClN2O5. The lowest BCUT2D eigenvalue weighted by Crippen LogP contribution is -2.24. The molecule has 2 aromatic carbocycles. The number of carbonyl (C=O) groups excluding carboxylic acids is 2. The number of esters is 1. The van der Waals surface area contributed by atoms with Crippen molar-refractivity contribution in [2.75, 3.05) is 14.2 Å². The maximum absolute atomic E-state index is 12.2. The van der Waals surface area contributed by atoms with Crippen LogP contribution < -0.4 is 0 Å². The summed E-state index contributed by atoms with van der Waals surface area (Å²) in [5.41, 5.74) is 1.55. The largest absolute Gasteiger partial charge is 0.465 e. The van der Waals surface area contributed by atoms with Crippen LogP contribution in [-0.2, 0) is 16.1 Å². The van der Waals surface area contributed by atoms with E-state index in [1.807, 2.05) is 0 Å². The molecule has 2 aromatic rings. The molecule has 0 spiro atoms. The molecule has 0 unspecified atom stereocenters. The van der Waals surface area contributed by atoms with Gasteiger partial charge in [0.25, 0.3) is 5.69 Å². The van der Waals surface area contributed by atoms with Crippen molar-refractivity contribution >= 4 is 35.2 Å². The fourth-order valence-corrected chi connectivity index (χ4v) is 2.47. The van der Waals surface area contributed by atoms with Crippen LogP contribution in [0.1, 0.15) is 21.5 Å². The van der Waals surface area contributed by atoms with Gasteiger partial charge in [0, 0.05) is 25.7 Å². The van der Waals surface area contributed by atoms with E-state index in [9.17, 15) is 19.7 Å². The molecule has 0 atom stereocenters. The molecule has 27 heavy (non-hydrogen) atoms. The van der Waals surface area contributed by atoms with Gasteiger partial charge in [0.2, 0.25) is 5.91 Å². The number of amides is 1. The van der Waals surface area contributed by atoms with Crippen LogP contribution in [0.2, 0.25) is 5.02 Å². The van der Waals surface area contributed by atoms with Crippen molar-refractivity contribution in [2.24, 2.45) is 0 Å². The normalized spacial score (nSPS) is 10.6. The lowest BCUT2D eigenvalue weighted by Gasteiger charge is -2.15. The number of carbonyl (C=O) groups is 2. The number of nitro groups is 1. The molecule has 0 saturated heterocycles. The zero-order valence-electron chi connectivity index (χ0n) is 14.7. The zero-order valence-corrected chi connectivity index (χ0v) is 15.5. The van der Waals surface area contributed by atoms with Crippen molar-refractivity contribution in [1.29, 1.82) is 0 Å². The molecule has 0 aliphatic heterocycles. The first kappa shape index (κ1) is 20.1. The number of rotatable bonds is 6. The maximum atomic E-state index is 12.2. The summed E-state index contributed by atoms with van der Waals surface area (Å²) in [7, 11) is 2.94. The van der Waals surface area contributed by atoms with E-state index in [-0.39, 0.29) is 16.6 Å². The van der Waals surface area contributed by atoms with Gasteiger partial charge in [-0.2, -0.15) is 0 Å². The smallest absolute Gasteiger partial charge is 0.337 e. The van der Waals surface area contributed by atoms with Crippen LogP contribution in [0.5, 0.6) is 0 Å². The maximum Gasteiger partial charge on any atom is 0.337 e. The van der Waals surface area contributed by atoms with Crippen LogP contribution >= 0.6 is 11.6 Å². The van der Waals surface area contributed by atoms with Gasteiger partial charge in [-0.25, -0.2) is 4.79 Å². The summed E-state index contributed by atoms with van der Waals surface area (Å²) in [6.07, 6.45) is 2.82. The third-order valence-corrected chi connectivity index (χ3v) is 4.08. The standard InChI is InChI=1S/C19H17ClN2O5/c1-21(12-14-3-7-15(8-4-14)19(24)27-2)18(23)10-6-13-5-9-16(20)17(11-13)22(25)26/h3-11H,12H2,1-2H3. The molecule has 7 nitrogen and oxygen atoms in total. The molecule has 0 radical (unpaired) electrons. The molecule has 0 aromatic heterocycles. The number of benzene rings is 2. The number of methoxy groups -OCH3 is 1. The summed E-state index contributed by atoms with van der Waals surface area (Å²) in [5, 5.41) is 10.9. The lowest BCUT2D eigenvalue weighted by atomic mass is 10.1. The topological polar surface area (TPSA) is 89.8 Å². The highest BCUT2D eigenvalue weighted by molar-refractivity contribution is 6.32. The van der Waals surface area contributed by atoms with Gasteiger partial charge in [-0.3, -0.25) is 14.9 Å². The fourth-order valence-electron chi connectivity index (χ4n) is 2.28. The number of halogens is 1. The average Bonchev–Trinajstić information content (AvgIpc) is 2.66. The first-order chi connectivity index (χ1) is 12.8. The molecule has 0 aliphatic rings. The van der Waals surface area contributed by atoms with Crippen molar-refractivity contribution in [3.63, 3.8) is 0 Å². The van der Waals surface area contributed by atoms with Gasteiger partial charge < -0.3 is 9.64 Å². The highest BCUT2D eigenvalue weighted by atomic mass is 35.5. The first-order valence-corrected chi connectivity index (χ1v) is 8.24. The van der Waals surface area contributed by atoms with Crippen LogP contribution in [0, 0.1) is 10.1 Å². The number of ether oxygens (including phenoxy) is 1. The van der Waals surface area contributed by atoms with Gasteiger partial charge in [0.05, 0.1) is 17.6 Å². The molecule has 0 N–H and O–H groups in total. The first-order valence-electron chi connectivity index (χ1n) is 7.86. The molecule has 0 fully saturated rings. The van der Waals surface area contributed by atoms with Gasteiger partial charge in [0.1, 0.15) is 5.02 Å². The fraction of sp³-hybridized carbons (Fsp3) is 0.158. The second kappa shape index (κ2) is 8.95. The van der Waals surface area contributed by atoms with Crippen molar-refractivity contribution < 1.29 is 19.2 Å². The molecule has 1 amide bonds. The van der Waals surface area contributed by atoms with Crippen molar-refractivity contribution in [3.8, 4) is 0 Å². The Labute approximate surface area is 161 Å². The summed E-state index contributed by atoms with van der Waals surface area (Å²) in [5.74, 6) is -0.699. The minimum Gasteiger partial charge on any atom is -0.465 e. The summed E-state index contributed by atoms with van der Waals surface area (Å²) < 4.78 is 4.64. The molecule has 0 aliphatic carbocycles. The number of nitrogens with zero attached hydrogens (tertiary/aromatic N) is 2. The van der Waals surface area contributed by atoms with Crippen LogP contribution in [0.25, 0.3) is 6.08 Å². The molecule has 140 valence electrons. The van der Waals surface area contributed by atoms with E-state index in [0.717, 1.165) is 5.56 Å². The minimum atomic E-state index is -0.578. The minimum absolute atomic E-state index is 0.0380. The zero-order chi connectivity index (χ0) is 20.0. The van der Waals surface area contributed by atoms with E-state index in [1.54, 1.807) is 37.4 Å². The van der Waals surface area contributed by atoms with E-state index in [1.165, 1.54) is 36.3 Å². The van der Waals surface area contributed by atoms with Gasteiger partial charge in [-0.05, 0) is 35.4 Å². The summed E-state index contributed by atoms with van der Waals surface area (Å²) in [6, 6.07) is 11.0. The average molecular weight is 389 g/mol. The van der Waals surface area contributed by atoms with Gasteiger partial charge >= 0.3 is 5.97 Å². The van der Waals surface area contributed by atoms with Crippen LogP contribution in [0.3, 0.4) is 0 Å². The third-order valence-electron chi connectivity index (χ3n) is 3.76. The molecule has 8 heteroatoms. The van der Waals surface area contributed by atoms with E-state index in [0.29, 0.717) is 17.7 Å². The van der Waals surface area contributed by atoms with Crippen LogP contribution in [0.15, 0.2) is 48.5 Å². The predicted octanol–water partition coefficient (Wildman–Crippen LogP) is 3.71. The Balaban J connectivity index is 2.03. The summed E-state index contributed by atoms with van der Waals surface area (Å²) >= 11 is 5.76. The van der Waals surface area contributed by atoms with E-state index < -0.39 is 10.9 Å². The Kier molecular flexibility index (Phi) is 6.67. The molecule has 0 saturated carbocycles. The third kappa shape index (κ3) is 5.39. The second-order valence-corrected chi connectivity index (χ2v) is 6.09. The van der Waals surface area contributed by atoms with Crippen molar-refractivity contribution in [1.82, 2.24) is 4.90 Å². The Morgan fingerprint density at radius 3 is 2.48 bits per heavy atom. The monoisotopic (exact) mass is 388 g/mol. The lowest BCUT2D eigenvalue weighted by molar-refractivity contribution is -0.384.